The van der Waals surface area contributed by atoms with Crippen LogP contribution < -0.4 is 0 Å². The predicted octanol–water partition coefficient (Wildman–Crippen LogP) is 3.22. The lowest BCUT2D eigenvalue weighted by molar-refractivity contribution is -0.0354. The maximum Gasteiger partial charge on any atom is 0.125 e. The zero-order chi connectivity index (χ0) is 17.2. The second-order valence-electron chi connectivity index (χ2n) is 6.57. The van der Waals surface area contributed by atoms with E-state index in [1.54, 1.807) is 0 Å². The molecule has 3 aromatic rings. The maximum atomic E-state index is 5.96. The minimum atomic E-state index is -0.00499. The molecule has 1 saturated heterocycles. The Bertz CT molecular complexity index is 876. The second-order valence-corrected chi connectivity index (χ2v) is 6.57. The van der Waals surface area contributed by atoms with Crippen LogP contribution in [0.3, 0.4) is 0 Å². The normalized spacial score (nSPS) is 18.6. The predicted molar refractivity (Wildman–Crippen MR) is 97.2 cm³/mol. The SMILES string of the molecule is Cc1cc([C@@H]2CN(Cc3ccc4ccccc4n3)CCO2)nc(C)n1. The number of morpholine rings is 1. The average molecular weight is 334 g/mol. The van der Waals surface area contributed by atoms with E-state index in [1.165, 1.54) is 5.39 Å². The van der Waals surface area contributed by atoms with Crippen molar-refractivity contribution in [2.24, 2.45) is 0 Å². The van der Waals surface area contributed by atoms with E-state index in [9.17, 15) is 0 Å². The van der Waals surface area contributed by atoms with Crippen molar-refractivity contribution >= 4 is 10.9 Å². The molecule has 1 fully saturated rings. The number of aromatic nitrogens is 3. The summed E-state index contributed by atoms with van der Waals surface area (Å²) in [5.74, 6) is 0.798. The fourth-order valence-electron chi connectivity index (χ4n) is 3.36. The molecular formula is C20H22N4O. The Balaban J connectivity index is 1.50. The van der Waals surface area contributed by atoms with Crippen molar-refractivity contribution in [2.45, 2.75) is 26.5 Å². The van der Waals surface area contributed by atoms with Crippen molar-refractivity contribution in [2.75, 3.05) is 19.7 Å². The molecule has 1 atom stereocenters. The summed E-state index contributed by atoms with van der Waals surface area (Å²) in [7, 11) is 0. The van der Waals surface area contributed by atoms with Crippen molar-refractivity contribution in [3.63, 3.8) is 0 Å². The summed E-state index contributed by atoms with van der Waals surface area (Å²) < 4.78 is 5.96. The summed E-state index contributed by atoms with van der Waals surface area (Å²) in [6, 6.07) is 14.5. The van der Waals surface area contributed by atoms with Gasteiger partial charge < -0.3 is 4.74 Å². The molecule has 2 aromatic heterocycles. The standard InChI is InChI=1S/C20H22N4O/c1-14-11-19(22-15(2)21-14)20-13-24(9-10-25-20)12-17-8-7-16-5-3-4-6-18(16)23-17/h3-8,11,20H,9-10,12-13H2,1-2H3/t20-/m0/s1. The van der Waals surface area contributed by atoms with Gasteiger partial charge in [-0.05, 0) is 32.0 Å². The van der Waals surface area contributed by atoms with Crippen LogP contribution in [0.1, 0.15) is 29.0 Å². The van der Waals surface area contributed by atoms with Gasteiger partial charge in [0.1, 0.15) is 11.9 Å². The number of pyridine rings is 1. The van der Waals surface area contributed by atoms with Crippen LogP contribution in [0.25, 0.3) is 10.9 Å². The van der Waals surface area contributed by atoms with Gasteiger partial charge in [-0.2, -0.15) is 0 Å². The summed E-state index contributed by atoms with van der Waals surface area (Å²) in [6.45, 7) is 7.19. The van der Waals surface area contributed by atoms with Gasteiger partial charge in [-0.25, -0.2) is 9.97 Å². The first-order valence-electron chi connectivity index (χ1n) is 8.68. The lowest BCUT2D eigenvalue weighted by Gasteiger charge is -2.32. The topological polar surface area (TPSA) is 51.1 Å². The molecule has 0 N–H and O–H groups in total. The molecule has 0 aliphatic carbocycles. The zero-order valence-electron chi connectivity index (χ0n) is 14.6. The number of hydrogen-bond acceptors (Lipinski definition) is 5. The molecule has 4 rings (SSSR count). The monoisotopic (exact) mass is 334 g/mol. The summed E-state index contributed by atoms with van der Waals surface area (Å²) in [6.07, 6.45) is -0.00499. The quantitative estimate of drug-likeness (QED) is 0.736. The van der Waals surface area contributed by atoms with E-state index in [1.807, 2.05) is 32.0 Å². The Kier molecular flexibility index (Phi) is 4.42. The highest BCUT2D eigenvalue weighted by Crippen LogP contribution is 2.22. The van der Waals surface area contributed by atoms with Crippen LogP contribution in [0.2, 0.25) is 0 Å². The zero-order valence-corrected chi connectivity index (χ0v) is 14.6. The molecule has 25 heavy (non-hydrogen) atoms. The number of nitrogens with zero attached hydrogens (tertiary/aromatic N) is 4. The van der Waals surface area contributed by atoms with Crippen LogP contribution in [-0.2, 0) is 11.3 Å². The smallest absolute Gasteiger partial charge is 0.125 e. The van der Waals surface area contributed by atoms with Crippen molar-refractivity contribution in [3.8, 4) is 0 Å². The van der Waals surface area contributed by atoms with Gasteiger partial charge in [-0.15, -0.1) is 0 Å². The van der Waals surface area contributed by atoms with Crippen LogP contribution in [-0.4, -0.2) is 39.5 Å². The van der Waals surface area contributed by atoms with Crippen LogP contribution in [0.15, 0.2) is 42.5 Å². The molecule has 0 spiro atoms. The van der Waals surface area contributed by atoms with Crippen LogP contribution in [0.4, 0.5) is 0 Å². The Morgan fingerprint density at radius 1 is 1.08 bits per heavy atom. The molecule has 0 radical (unpaired) electrons. The third-order valence-corrected chi connectivity index (χ3v) is 4.51. The first kappa shape index (κ1) is 16.1. The number of para-hydroxylation sites is 1. The highest BCUT2D eigenvalue weighted by atomic mass is 16.5. The lowest BCUT2D eigenvalue weighted by atomic mass is 10.1. The third kappa shape index (κ3) is 3.67. The lowest BCUT2D eigenvalue weighted by Crippen LogP contribution is -2.38. The highest BCUT2D eigenvalue weighted by Gasteiger charge is 2.24. The van der Waals surface area contributed by atoms with E-state index in [4.69, 9.17) is 9.72 Å². The molecule has 0 unspecified atom stereocenters. The summed E-state index contributed by atoms with van der Waals surface area (Å²) in [5, 5.41) is 1.18. The highest BCUT2D eigenvalue weighted by molar-refractivity contribution is 5.78. The number of aryl methyl sites for hydroxylation is 2. The summed E-state index contributed by atoms with van der Waals surface area (Å²) in [4.78, 5) is 16.1. The van der Waals surface area contributed by atoms with Gasteiger partial charge in [0.2, 0.25) is 0 Å². The largest absolute Gasteiger partial charge is 0.369 e. The molecule has 0 saturated carbocycles. The molecular weight excluding hydrogens is 312 g/mol. The molecule has 1 aliphatic heterocycles. The number of ether oxygens (including phenoxy) is 1. The first-order valence-corrected chi connectivity index (χ1v) is 8.68. The van der Waals surface area contributed by atoms with Crippen LogP contribution >= 0.6 is 0 Å². The number of hydrogen-bond donors (Lipinski definition) is 0. The Hall–Kier alpha value is -2.37. The van der Waals surface area contributed by atoms with Gasteiger partial charge >= 0.3 is 0 Å². The average Bonchev–Trinajstić information content (AvgIpc) is 2.61. The fraction of sp³-hybridized carbons (Fsp3) is 0.350. The van der Waals surface area contributed by atoms with E-state index in [2.05, 4.69) is 39.1 Å². The Morgan fingerprint density at radius 2 is 1.96 bits per heavy atom. The minimum absolute atomic E-state index is 0.00499. The molecule has 0 amide bonds. The van der Waals surface area contributed by atoms with E-state index in [0.717, 1.165) is 48.1 Å². The van der Waals surface area contributed by atoms with Gasteiger partial charge in [-0.3, -0.25) is 9.88 Å². The van der Waals surface area contributed by atoms with E-state index < -0.39 is 0 Å². The number of fused-ring (bicyclic) bond motifs is 1. The van der Waals surface area contributed by atoms with Gasteiger partial charge in [0, 0.05) is 30.7 Å². The van der Waals surface area contributed by atoms with Gasteiger partial charge in [0.05, 0.1) is 23.5 Å². The second kappa shape index (κ2) is 6.86. The minimum Gasteiger partial charge on any atom is -0.369 e. The summed E-state index contributed by atoms with van der Waals surface area (Å²) in [5.41, 5.74) is 4.10. The number of benzene rings is 1. The molecule has 0 bridgehead atoms. The van der Waals surface area contributed by atoms with Crippen molar-refractivity contribution < 1.29 is 4.74 Å². The molecule has 1 aromatic carbocycles. The molecule has 3 heterocycles. The van der Waals surface area contributed by atoms with E-state index in [-0.39, 0.29) is 6.10 Å². The van der Waals surface area contributed by atoms with Crippen LogP contribution in [0.5, 0.6) is 0 Å². The Labute approximate surface area is 147 Å². The van der Waals surface area contributed by atoms with Crippen molar-refractivity contribution in [1.82, 2.24) is 19.9 Å². The molecule has 5 heteroatoms. The third-order valence-electron chi connectivity index (χ3n) is 4.51. The van der Waals surface area contributed by atoms with Crippen LogP contribution in [0, 0.1) is 13.8 Å². The van der Waals surface area contributed by atoms with E-state index in [0.29, 0.717) is 6.61 Å². The first-order chi connectivity index (χ1) is 12.2. The van der Waals surface area contributed by atoms with Gasteiger partial charge in [0.15, 0.2) is 0 Å². The maximum absolute atomic E-state index is 5.96. The molecule has 128 valence electrons. The van der Waals surface area contributed by atoms with Crippen molar-refractivity contribution in [1.29, 1.82) is 0 Å². The molecule has 5 nitrogen and oxygen atoms in total. The van der Waals surface area contributed by atoms with E-state index >= 15 is 0 Å². The number of rotatable bonds is 3. The fourth-order valence-corrected chi connectivity index (χ4v) is 3.36. The van der Waals surface area contributed by atoms with Crippen molar-refractivity contribution in [3.05, 3.63) is 65.4 Å². The summed E-state index contributed by atoms with van der Waals surface area (Å²) >= 11 is 0. The Morgan fingerprint density at radius 3 is 2.84 bits per heavy atom. The van der Waals surface area contributed by atoms with Gasteiger partial charge in [-0.1, -0.05) is 24.3 Å². The molecule has 1 aliphatic rings. The van der Waals surface area contributed by atoms with Gasteiger partial charge in [0.25, 0.3) is 0 Å².